The van der Waals surface area contributed by atoms with Crippen molar-refractivity contribution in [3.05, 3.63) is 35.4 Å². The zero-order valence-electron chi connectivity index (χ0n) is 11.4. The molecule has 0 spiro atoms. The number of Topliss-reactive ketones (excluding diaryl/α,β-unsaturated/α-hetero) is 1. The molecule has 1 aliphatic carbocycles. The van der Waals surface area contributed by atoms with Crippen LogP contribution in [0.15, 0.2) is 24.3 Å². The zero-order chi connectivity index (χ0) is 13.4. The van der Waals surface area contributed by atoms with Gasteiger partial charge in [0, 0.05) is 5.56 Å². The van der Waals surface area contributed by atoms with Crippen LogP contribution >= 0.6 is 0 Å². The molecule has 1 aromatic carbocycles. The van der Waals surface area contributed by atoms with Crippen LogP contribution in [0.5, 0.6) is 0 Å². The van der Waals surface area contributed by atoms with Crippen molar-refractivity contribution in [1.82, 2.24) is 0 Å². The average Bonchev–Trinajstić information content (AvgIpc) is 2.32. The number of hydrogen-bond donors (Lipinski definition) is 0. The van der Waals surface area contributed by atoms with E-state index in [-0.39, 0.29) is 5.78 Å². The molecule has 0 heterocycles. The van der Waals surface area contributed by atoms with Crippen LogP contribution in [-0.2, 0) is 15.9 Å². The van der Waals surface area contributed by atoms with E-state index >= 15 is 0 Å². The second-order valence-electron chi connectivity index (χ2n) is 6.00. The average molecular weight is 264 g/mol. The van der Waals surface area contributed by atoms with Crippen LogP contribution in [0.4, 0.5) is 0 Å². The van der Waals surface area contributed by atoms with Gasteiger partial charge in [-0.25, -0.2) is 4.89 Å². The molecule has 1 unspecified atom stereocenters. The summed E-state index contributed by atoms with van der Waals surface area (Å²) in [7, 11) is -1.78. The molecular weight excluding hydrogens is 244 g/mol. The number of aryl methyl sites for hydroxylation is 1. The molecule has 1 aliphatic rings. The molecule has 1 atom stereocenters. The molecule has 3 nitrogen and oxygen atoms in total. The van der Waals surface area contributed by atoms with Gasteiger partial charge in [-0.2, -0.15) is 0 Å². The predicted octanol–water partition coefficient (Wildman–Crippen LogP) is 3.36. The molecule has 0 fully saturated rings. The molecule has 4 heteroatoms. The highest BCUT2D eigenvalue weighted by atomic mass is 28.4. The Morgan fingerprint density at radius 2 is 1.89 bits per heavy atom. The van der Waals surface area contributed by atoms with Crippen LogP contribution in [0.2, 0.25) is 19.6 Å². The molecule has 0 saturated carbocycles. The zero-order valence-corrected chi connectivity index (χ0v) is 12.4. The quantitative estimate of drug-likeness (QED) is 0.477. The highest BCUT2D eigenvalue weighted by Gasteiger charge is 2.41. The first-order valence-corrected chi connectivity index (χ1v) is 9.72. The number of benzene rings is 1. The fraction of sp³-hybridized carbons (Fsp3) is 0.500. The molecule has 0 saturated heterocycles. The maximum absolute atomic E-state index is 12.5. The topological polar surface area (TPSA) is 35.5 Å². The molecule has 0 N–H and O–H groups in total. The lowest BCUT2D eigenvalue weighted by Gasteiger charge is -2.34. The van der Waals surface area contributed by atoms with Gasteiger partial charge < -0.3 is 0 Å². The lowest BCUT2D eigenvalue weighted by Crippen LogP contribution is -2.45. The molecule has 1 aromatic rings. The molecule has 0 amide bonds. The van der Waals surface area contributed by atoms with E-state index in [0.29, 0.717) is 6.42 Å². The number of carbonyl (C=O) groups is 1. The van der Waals surface area contributed by atoms with E-state index in [4.69, 9.17) is 9.46 Å². The van der Waals surface area contributed by atoms with E-state index in [2.05, 4.69) is 0 Å². The van der Waals surface area contributed by atoms with Gasteiger partial charge in [0.1, 0.15) is 0 Å². The Hall–Kier alpha value is -0.973. The summed E-state index contributed by atoms with van der Waals surface area (Å²) in [6.07, 6.45) is 1.53. The number of rotatable bonds is 3. The van der Waals surface area contributed by atoms with Gasteiger partial charge in [-0.05, 0) is 45.0 Å². The van der Waals surface area contributed by atoms with Gasteiger partial charge in [0.15, 0.2) is 11.4 Å². The molecule has 0 radical (unpaired) electrons. The molecule has 0 aliphatic heterocycles. The number of ketones is 1. The Morgan fingerprint density at radius 1 is 1.22 bits per heavy atom. The summed E-state index contributed by atoms with van der Waals surface area (Å²) in [4.78, 5) is 18.0. The van der Waals surface area contributed by atoms with E-state index < -0.39 is 13.9 Å². The predicted molar refractivity (Wildman–Crippen MR) is 73.0 cm³/mol. The summed E-state index contributed by atoms with van der Waals surface area (Å²) in [5.41, 5.74) is 1.04. The number of fused-ring (bicyclic) bond motifs is 1. The second kappa shape index (κ2) is 4.61. The van der Waals surface area contributed by atoms with Crippen LogP contribution in [0, 0.1) is 0 Å². The van der Waals surface area contributed by atoms with Crippen molar-refractivity contribution in [2.24, 2.45) is 0 Å². The minimum Gasteiger partial charge on any atom is -0.291 e. The van der Waals surface area contributed by atoms with Crippen molar-refractivity contribution >= 4 is 14.1 Å². The molecular formula is C14H20O3Si. The van der Waals surface area contributed by atoms with Gasteiger partial charge >= 0.3 is 0 Å². The van der Waals surface area contributed by atoms with Gasteiger partial charge in [-0.3, -0.25) is 9.37 Å². The molecule has 0 bridgehead atoms. The molecule has 98 valence electrons. The monoisotopic (exact) mass is 264 g/mol. The maximum Gasteiger partial charge on any atom is 0.230 e. The highest BCUT2D eigenvalue weighted by Crippen LogP contribution is 2.32. The number of carbonyl (C=O) groups excluding carboxylic acids is 1. The van der Waals surface area contributed by atoms with Crippen LogP contribution < -0.4 is 0 Å². The smallest absolute Gasteiger partial charge is 0.230 e. The van der Waals surface area contributed by atoms with Crippen molar-refractivity contribution < 1.29 is 14.3 Å². The van der Waals surface area contributed by atoms with Crippen molar-refractivity contribution in [1.29, 1.82) is 0 Å². The van der Waals surface area contributed by atoms with E-state index in [1.165, 1.54) is 0 Å². The van der Waals surface area contributed by atoms with Gasteiger partial charge in [-0.1, -0.05) is 24.3 Å². The normalized spacial score (nSPS) is 23.9. The summed E-state index contributed by atoms with van der Waals surface area (Å²) in [5.74, 6) is 0.0302. The third-order valence-corrected chi connectivity index (χ3v) is 3.67. The van der Waals surface area contributed by atoms with Crippen LogP contribution in [-0.4, -0.2) is 19.7 Å². The summed E-state index contributed by atoms with van der Waals surface area (Å²) < 4.78 is 5.48. The van der Waals surface area contributed by atoms with Gasteiger partial charge in [0.2, 0.25) is 8.32 Å². The summed E-state index contributed by atoms with van der Waals surface area (Å²) >= 11 is 0. The van der Waals surface area contributed by atoms with E-state index in [0.717, 1.165) is 17.5 Å². The largest absolute Gasteiger partial charge is 0.291 e. The van der Waals surface area contributed by atoms with Crippen LogP contribution in [0.3, 0.4) is 0 Å². The van der Waals surface area contributed by atoms with Crippen LogP contribution in [0.1, 0.15) is 29.3 Å². The van der Waals surface area contributed by atoms with Gasteiger partial charge in [-0.15, -0.1) is 0 Å². The van der Waals surface area contributed by atoms with Crippen LogP contribution in [0.25, 0.3) is 0 Å². The summed E-state index contributed by atoms with van der Waals surface area (Å²) in [5, 5.41) is 0. The lowest BCUT2D eigenvalue weighted by molar-refractivity contribution is -0.279. The molecule has 2 rings (SSSR count). The second-order valence-corrected chi connectivity index (χ2v) is 10.4. The standard InChI is InChI=1S/C14H20O3Si/c1-14(16-17-18(2,3)4)10-9-11-7-5-6-8-12(11)13(14)15/h5-8H,9-10H2,1-4H3. The van der Waals surface area contributed by atoms with Crippen molar-refractivity contribution in [2.75, 3.05) is 0 Å². The summed E-state index contributed by atoms with van der Waals surface area (Å²) in [6, 6.07) is 7.73. The van der Waals surface area contributed by atoms with E-state index in [9.17, 15) is 4.79 Å². The van der Waals surface area contributed by atoms with E-state index in [1.807, 2.05) is 50.8 Å². The molecule has 18 heavy (non-hydrogen) atoms. The lowest BCUT2D eigenvalue weighted by atomic mass is 9.80. The first-order valence-electron chi connectivity index (χ1n) is 6.31. The van der Waals surface area contributed by atoms with Gasteiger partial charge in [0.25, 0.3) is 0 Å². The Labute approximate surface area is 109 Å². The summed E-state index contributed by atoms with van der Waals surface area (Å²) in [6.45, 7) is 7.94. The minimum absolute atomic E-state index is 0.0302. The fourth-order valence-electron chi connectivity index (χ4n) is 2.03. The SMILES string of the molecule is CC1(OO[Si](C)(C)C)CCc2ccccc2C1=O. The van der Waals surface area contributed by atoms with Crippen molar-refractivity contribution in [3.8, 4) is 0 Å². The fourth-order valence-corrected chi connectivity index (χ4v) is 2.46. The number of hydrogen-bond acceptors (Lipinski definition) is 3. The van der Waals surface area contributed by atoms with E-state index in [1.54, 1.807) is 0 Å². The Kier molecular flexibility index (Phi) is 3.44. The first kappa shape index (κ1) is 13.5. The Balaban J connectivity index is 2.20. The minimum atomic E-state index is -1.78. The third-order valence-electron chi connectivity index (χ3n) is 3.09. The van der Waals surface area contributed by atoms with Gasteiger partial charge in [0.05, 0.1) is 0 Å². The third kappa shape index (κ3) is 2.71. The first-order chi connectivity index (χ1) is 8.32. The Bertz CT molecular complexity index is 464. The highest BCUT2D eigenvalue weighted by molar-refractivity contribution is 6.69. The van der Waals surface area contributed by atoms with Crippen molar-refractivity contribution in [3.63, 3.8) is 0 Å². The maximum atomic E-state index is 12.5. The Morgan fingerprint density at radius 3 is 2.56 bits per heavy atom. The van der Waals surface area contributed by atoms with Crippen molar-refractivity contribution in [2.45, 2.75) is 45.0 Å². The molecule has 0 aromatic heterocycles.